The Balaban J connectivity index is 1.17. The lowest BCUT2D eigenvalue weighted by atomic mass is 9.44. The Morgan fingerprint density at radius 3 is 2.62 bits per heavy atom. The van der Waals surface area contributed by atoms with Gasteiger partial charge in [0.2, 0.25) is 0 Å². The van der Waals surface area contributed by atoms with E-state index in [0.717, 1.165) is 59.8 Å². The van der Waals surface area contributed by atoms with E-state index in [0.29, 0.717) is 24.7 Å². The lowest BCUT2D eigenvalue weighted by Crippen LogP contribution is -2.59. The Bertz CT molecular complexity index is 865. The normalized spacial score (nSPS) is 43.4. The maximum Gasteiger partial charge on any atom is 0.319 e. The molecule has 0 radical (unpaired) electrons. The van der Waals surface area contributed by atoms with Crippen molar-refractivity contribution in [3.8, 4) is 0 Å². The van der Waals surface area contributed by atoms with Gasteiger partial charge in [0.1, 0.15) is 5.60 Å². The highest BCUT2D eigenvalue weighted by atomic mass is 16.6. The molecule has 1 aliphatic heterocycles. The lowest BCUT2D eigenvalue weighted by Gasteiger charge is -2.59. The van der Waals surface area contributed by atoms with Gasteiger partial charge in [0.15, 0.2) is 0 Å². The number of carbonyl (C=O) groups is 1. The second-order valence-electron chi connectivity index (χ2n) is 15.0. The van der Waals surface area contributed by atoms with Crippen LogP contribution in [0.3, 0.4) is 0 Å². The molecule has 0 bridgehead atoms. The van der Waals surface area contributed by atoms with E-state index in [-0.39, 0.29) is 30.2 Å². The molecule has 5 unspecified atom stereocenters. The molecular weight excluding hydrogens is 490 g/mol. The first-order chi connectivity index (χ1) is 18.5. The molecule has 0 amide bonds. The molecule has 0 aromatic rings. The van der Waals surface area contributed by atoms with Gasteiger partial charge in [-0.05, 0) is 92.8 Å². The van der Waals surface area contributed by atoms with Gasteiger partial charge in [0.25, 0.3) is 0 Å². The van der Waals surface area contributed by atoms with E-state index >= 15 is 0 Å². The van der Waals surface area contributed by atoms with Crippen LogP contribution in [0.4, 0.5) is 0 Å². The van der Waals surface area contributed by atoms with Gasteiger partial charge in [0.05, 0.1) is 32.0 Å². The zero-order chi connectivity index (χ0) is 28.0. The minimum Gasteiger partial charge on any atom is -0.785 e. The first-order valence-electron chi connectivity index (χ1n) is 16.4. The van der Waals surface area contributed by atoms with Crippen LogP contribution in [0.25, 0.3) is 0 Å². The predicted molar refractivity (Wildman–Crippen MR) is 154 cm³/mol. The average Bonchev–Trinajstić information content (AvgIpc) is 3.44. The fraction of sp³-hybridized carbons (Fsp3) is 0.970. The highest BCUT2D eigenvalue weighted by Crippen LogP contribution is 2.74. The number of hydroxylamine groups is 2. The number of epoxide rings is 1. The van der Waals surface area contributed by atoms with Crippen LogP contribution in [0.15, 0.2) is 0 Å². The van der Waals surface area contributed by atoms with Crippen molar-refractivity contribution in [3.05, 3.63) is 5.21 Å². The standard InChI is InChI=1S/C33H56NO5/c1-7-37-30(35)21-34(36)17-18-38-24-13-16-32(6)28-14-15-31(5)26(23(4)10-8-9-22(2)3)11-12-27(31)25(28)19-29-33(32,20-24)39-29/h22-29H,7-21H2,1-6H3/q-1/t23-,24+,25?,26-,27?,28?,29?,31-,32-,33?/m1/s1. The summed E-state index contributed by atoms with van der Waals surface area (Å²) in [5.41, 5.74) is 0.740. The summed E-state index contributed by atoms with van der Waals surface area (Å²) in [4.78, 5) is 11.6. The molecule has 39 heavy (non-hydrogen) atoms. The predicted octanol–water partition coefficient (Wildman–Crippen LogP) is 6.99. The molecule has 4 aliphatic carbocycles. The van der Waals surface area contributed by atoms with E-state index in [2.05, 4.69) is 34.6 Å². The SMILES string of the molecule is CCOC(=O)CN([O-])CCO[C@H]1CC[C@]2(C)C3CC[C@@]4(C)C(CC[C@@H]4[C@H](C)CCCC(C)C)C3CC3OC32C1. The van der Waals surface area contributed by atoms with Gasteiger partial charge in [-0.1, -0.05) is 53.9 Å². The van der Waals surface area contributed by atoms with Crippen LogP contribution < -0.4 is 0 Å². The molecule has 4 saturated carbocycles. The molecule has 5 aliphatic rings. The largest absolute Gasteiger partial charge is 0.785 e. The van der Waals surface area contributed by atoms with Gasteiger partial charge in [-0.25, -0.2) is 0 Å². The number of nitrogens with zero attached hydrogens (tertiary/aromatic N) is 1. The second kappa shape index (κ2) is 11.5. The van der Waals surface area contributed by atoms with Gasteiger partial charge in [-0.15, -0.1) is 0 Å². The minimum atomic E-state index is -0.469. The van der Waals surface area contributed by atoms with Crippen molar-refractivity contribution in [1.29, 1.82) is 0 Å². The van der Waals surface area contributed by atoms with Gasteiger partial charge >= 0.3 is 5.97 Å². The van der Waals surface area contributed by atoms with Crippen LogP contribution in [-0.2, 0) is 19.0 Å². The molecule has 1 saturated heterocycles. The molecule has 6 heteroatoms. The number of ether oxygens (including phenoxy) is 3. The summed E-state index contributed by atoms with van der Waals surface area (Å²) in [5, 5.41) is 12.8. The van der Waals surface area contributed by atoms with Crippen LogP contribution in [0.1, 0.15) is 112 Å². The Hall–Kier alpha value is -0.690. The summed E-state index contributed by atoms with van der Waals surface area (Å²) in [6.45, 7) is 14.9. The van der Waals surface area contributed by atoms with Crippen LogP contribution in [-0.4, -0.2) is 55.1 Å². The number of hydrogen-bond donors (Lipinski definition) is 0. The second-order valence-corrected chi connectivity index (χ2v) is 15.0. The van der Waals surface area contributed by atoms with Crippen molar-refractivity contribution in [2.24, 2.45) is 46.3 Å². The Morgan fingerprint density at radius 2 is 1.87 bits per heavy atom. The number of esters is 1. The third-order valence-corrected chi connectivity index (χ3v) is 12.5. The average molecular weight is 547 g/mol. The molecule has 1 heterocycles. The molecular formula is C33H56NO5-. The van der Waals surface area contributed by atoms with Gasteiger partial charge in [-0.2, -0.15) is 0 Å². The zero-order valence-electron chi connectivity index (χ0n) is 25.7. The molecule has 0 aromatic heterocycles. The first kappa shape index (κ1) is 29.8. The van der Waals surface area contributed by atoms with Crippen molar-refractivity contribution < 1.29 is 19.0 Å². The summed E-state index contributed by atoms with van der Waals surface area (Å²) in [5.74, 6) is 4.54. The van der Waals surface area contributed by atoms with Gasteiger partial charge in [0, 0.05) is 18.4 Å². The quantitative estimate of drug-likeness (QED) is 0.149. The lowest BCUT2D eigenvalue weighted by molar-refractivity contribution is -0.144. The number of hydrogen-bond acceptors (Lipinski definition) is 6. The highest BCUT2D eigenvalue weighted by molar-refractivity contribution is 5.71. The third-order valence-electron chi connectivity index (χ3n) is 12.5. The van der Waals surface area contributed by atoms with Gasteiger partial charge < -0.3 is 24.5 Å². The summed E-state index contributed by atoms with van der Waals surface area (Å²) >= 11 is 0. The molecule has 5 fully saturated rings. The van der Waals surface area contributed by atoms with Crippen molar-refractivity contribution in [2.45, 2.75) is 130 Å². The Kier molecular flexibility index (Phi) is 8.81. The van der Waals surface area contributed by atoms with Crippen LogP contribution in [0.2, 0.25) is 0 Å². The van der Waals surface area contributed by atoms with Crippen LogP contribution >= 0.6 is 0 Å². The molecule has 6 nitrogen and oxygen atoms in total. The summed E-state index contributed by atoms with van der Waals surface area (Å²) in [6.07, 6.45) is 14.7. The van der Waals surface area contributed by atoms with Gasteiger partial charge in [-0.3, -0.25) is 4.79 Å². The van der Waals surface area contributed by atoms with Crippen LogP contribution in [0, 0.1) is 51.5 Å². The van der Waals surface area contributed by atoms with Crippen molar-refractivity contribution >= 4 is 5.97 Å². The first-order valence-corrected chi connectivity index (χ1v) is 16.4. The summed E-state index contributed by atoms with van der Waals surface area (Å²) < 4.78 is 17.8. The topological polar surface area (TPSA) is 74.4 Å². The molecule has 1 spiro atoms. The van der Waals surface area contributed by atoms with Crippen molar-refractivity contribution in [3.63, 3.8) is 0 Å². The summed E-state index contributed by atoms with van der Waals surface area (Å²) in [7, 11) is 0. The molecule has 0 N–H and O–H groups in total. The zero-order valence-corrected chi connectivity index (χ0v) is 25.7. The Morgan fingerprint density at radius 1 is 1.08 bits per heavy atom. The van der Waals surface area contributed by atoms with Crippen LogP contribution in [0.5, 0.6) is 0 Å². The smallest absolute Gasteiger partial charge is 0.319 e. The number of carbonyl (C=O) groups excluding carboxylic acids is 1. The van der Waals surface area contributed by atoms with E-state index in [9.17, 15) is 10.0 Å². The monoisotopic (exact) mass is 546 g/mol. The fourth-order valence-corrected chi connectivity index (χ4v) is 10.6. The summed E-state index contributed by atoms with van der Waals surface area (Å²) in [6, 6.07) is 0. The Labute approximate surface area is 237 Å². The molecule has 10 atom stereocenters. The maximum atomic E-state index is 12.0. The van der Waals surface area contributed by atoms with Crippen molar-refractivity contribution in [1.82, 2.24) is 5.06 Å². The highest BCUT2D eigenvalue weighted by Gasteiger charge is 2.76. The number of rotatable bonds is 12. The van der Waals surface area contributed by atoms with E-state index < -0.39 is 5.97 Å². The molecule has 224 valence electrons. The number of fused-ring (bicyclic) bond motifs is 4. The van der Waals surface area contributed by atoms with Crippen molar-refractivity contribution in [2.75, 3.05) is 26.3 Å². The third kappa shape index (κ3) is 5.46. The fourth-order valence-electron chi connectivity index (χ4n) is 10.6. The maximum absolute atomic E-state index is 12.0. The van der Waals surface area contributed by atoms with E-state index in [1.54, 1.807) is 6.92 Å². The molecule has 0 aromatic carbocycles. The minimum absolute atomic E-state index is 0.0188. The van der Waals surface area contributed by atoms with E-state index in [1.807, 2.05) is 0 Å². The molecule has 5 rings (SSSR count). The van der Waals surface area contributed by atoms with E-state index in [4.69, 9.17) is 14.2 Å². The van der Waals surface area contributed by atoms with E-state index in [1.165, 1.54) is 51.4 Å².